The zero-order valence-corrected chi connectivity index (χ0v) is 14.9. The Labute approximate surface area is 142 Å². The van der Waals surface area contributed by atoms with Gasteiger partial charge in [-0.25, -0.2) is 4.39 Å². The number of aryl methyl sites for hydroxylation is 1. The van der Waals surface area contributed by atoms with Crippen molar-refractivity contribution >= 4 is 61.8 Å². The Morgan fingerprint density at radius 2 is 2.10 bits per heavy atom. The summed E-state index contributed by atoms with van der Waals surface area (Å²) in [5, 5.41) is 0. The number of aromatic amines is 1. The molecule has 0 radical (unpaired) electrons. The zero-order valence-electron chi connectivity index (χ0n) is 10.4. The molecule has 0 aliphatic rings. The van der Waals surface area contributed by atoms with Crippen LogP contribution in [0.25, 0.3) is 16.7 Å². The van der Waals surface area contributed by atoms with E-state index >= 15 is 0 Å². The van der Waals surface area contributed by atoms with Gasteiger partial charge >= 0.3 is 0 Å². The van der Waals surface area contributed by atoms with Gasteiger partial charge in [-0.2, -0.15) is 0 Å². The van der Waals surface area contributed by atoms with Crippen molar-refractivity contribution < 1.29 is 4.39 Å². The first kappa shape index (κ1) is 14.2. The van der Waals surface area contributed by atoms with Gasteiger partial charge in [-0.3, -0.25) is 4.57 Å². The summed E-state index contributed by atoms with van der Waals surface area (Å²) in [7, 11) is 0. The average Bonchev–Trinajstić information content (AvgIpc) is 2.69. The minimum atomic E-state index is -0.246. The van der Waals surface area contributed by atoms with Crippen molar-refractivity contribution in [3.05, 3.63) is 54.5 Å². The monoisotopic (exact) mass is 462 g/mol. The molecule has 0 fully saturated rings. The van der Waals surface area contributed by atoms with Gasteiger partial charge in [0.2, 0.25) is 0 Å². The summed E-state index contributed by atoms with van der Waals surface area (Å²) < 4.78 is 17.8. The summed E-state index contributed by atoms with van der Waals surface area (Å²) in [6, 6.07) is 9.20. The number of nitrogens with one attached hydrogen (secondary N) is 1. The largest absolute Gasteiger partial charge is 0.330 e. The van der Waals surface area contributed by atoms with E-state index in [0.717, 1.165) is 26.8 Å². The van der Waals surface area contributed by atoms with Crippen molar-refractivity contribution in [1.29, 1.82) is 0 Å². The van der Waals surface area contributed by atoms with E-state index in [0.29, 0.717) is 8.34 Å². The molecule has 2 aromatic carbocycles. The number of H-pyrrole nitrogens is 1. The lowest BCUT2D eigenvalue weighted by molar-refractivity contribution is 0.622. The van der Waals surface area contributed by atoms with Crippen LogP contribution >= 0.6 is 50.7 Å². The van der Waals surface area contributed by atoms with Crippen LogP contribution in [0.15, 0.2) is 34.8 Å². The van der Waals surface area contributed by atoms with E-state index in [4.69, 9.17) is 12.2 Å². The molecule has 1 N–H and O–H groups in total. The van der Waals surface area contributed by atoms with Gasteiger partial charge in [0, 0.05) is 10.5 Å². The van der Waals surface area contributed by atoms with Gasteiger partial charge in [0.15, 0.2) is 4.77 Å². The molecule has 2 nitrogen and oxygen atoms in total. The van der Waals surface area contributed by atoms with Crippen molar-refractivity contribution in [3.8, 4) is 5.69 Å². The van der Waals surface area contributed by atoms with E-state index < -0.39 is 0 Å². The Morgan fingerprint density at radius 1 is 1.35 bits per heavy atom. The normalized spacial score (nSPS) is 11.2. The summed E-state index contributed by atoms with van der Waals surface area (Å²) >= 11 is 10.9. The number of hydrogen-bond acceptors (Lipinski definition) is 1. The van der Waals surface area contributed by atoms with Gasteiger partial charge in [-0.1, -0.05) is 12.1 Å². The third-order valence-electron chi connectivity index (χ3n) is 3.14. The van der Waals surface area contributed by atoms with Crippen LogP contribution in [0.5, 0.6) is 0 Å². The zero-order chi connectivity index (χ0) is 14.4. The van der Waals surface area contributed by atoms with E-state index in [9.17, 15) is 4.39 Å². The third-order valence-corrected chi connectivity index (χ3v) is 5.28. The molecule has 1 aromatic heterocycles. The molecule has 1 heterocycles. The van der Waals surface area contributed by atoms with Gasteiger partial charge in [0.1, 0.15) is 5.82 Å². The average molecular weight is 463 g/mol. The Kier molecular flexibility index (Phi) is 3.72. The van der Waals surface area contributed by atoms with Gasteiger partial charge in [0.05, 0.1) is 20.3 Å². The molecule has 0 amide bonds. The Balaban J connectivity index is 2.42. The predicted molar refractivity (Wildman–Crippen MR) is 93.6 cm³/mol. The maximum absolute atomic E-state index is 13.9. The number of imidazole rings is 1. The van der Waals surface area contributed by atoms with Gasteiger partial charge in [-0.05, 0) is 75.4 Å². The smallest absolute Gasteiger partial charge is 0.182 e. The highest BCUT2D eigenvalue weighted by Gasteiger charge is 2.13. The second-order valence-corrected chi connectivity index (χ2v) is 6.80. The molecule has 0 atom stereocenters. The van der Waals surface area contributed by atoms with Gasteiger partial charge < -0.3 is 4.98 Å². The standard InChI is InChI=1S/C14H9BrFIN2S/c1-7-3-2-4-11(13(7)15)19-12-5-8(16)9(17)6-10(12)18-14(19)20/h2-6H,1H3,(H,18,20). The number of aromatic nitrogens is 2. The van der Waals surface area contributed by atoms with Crippen LogP contribution in [-0.2, 0) is 0 Å². The van der Waals surface area contributed by atoms with E-state index in [2.05, 4.69) is 20.9 Å². The van der Waals surface area contributed by atoms with Crippen LogP contribution in [0, 0.1) is 21.1 Å². The molecule has 0 saturated heterocycles. The molecule has 102 valence electrons. The predicted octanol–water partition coefficient (Wildman–Crippen LogP) is 5.50. The van der Waals surface area contributed by atoms with Crippen molar-refractivity contribution in [2.75, 3.05) is 0 Å². The second-order valence-electron chi connectivity index (χ2n) is 4.46. The number of fused-ring (bicyclic) bond motifs is 1. The first-order chi connectivity index (χ1) is 9.49. The van der Waals surface area contributed by atoms with E-state index in [-0.39, 0.29) is 5.82 Å². The number of nitrogens with zero attached hydrogens (tertiary/aromatic N) is 1. The highest BCUT2D eigenvalue weighted by atomic mass is 127. The fourth-order valence-electron chi connectivity index (χ4n) is 2.15. The molecule has 6 heteroatoms. The molecule has 0 aliphatic carbocycles. The molecule has 20 heavy (non-hydrogen) atoms. The molecule has 3 aromatic rings. The highest BCUT2D eigenvalue weighted by Crippen LogP contribution is 2.29. The maximum atomic E-state index is 13.9. The van der Waals surface area contributed by atoms with Gasteiger partial charge in [0.25, 0.3) is 0 Å². The van der Waals surface area contributed by atoms with Crippen LogP contribution < -0.4 is 0 Å². The van der Waals surface area contributed by atoms with Crippen LogP contribution in [0.4, 0.5) is 4.39 Å². The van der Waals surface area contributed by atoms with Crippen molar-refractivity contribution in [2.24, 2.45) is 0 Å². The van der Waals surface area contributed by atoms with Crippen LogP contribution in [-0.4, -0.2) is 9.55 Å². The van der Waals surface area contributed by atoms with Crippen LogP contribution in [0.3, 0.4) is 0 Å². The fraction of sp³-hybridized carbons (Fsp3) is 0.0714. The number of hydrogen-bond donors (Lipinski definition) is 1. The topological polar surface area (TPSA) is 20.7 Å². The lowest BCUT2D eigenvalue weighted by Gasteiger charge is -2.09. The molecule has 0 unspecified atom stereocenters. The quantitative estimate of drug-likeness (QED) is 0.374. The second kappa shape index (κ2) is 5.23. The Hall–Kier alpha value is -0.730. The van der Waals surface area contributed by atoms with Crippen molar-refractivity contribution in [2.45, 2.75) is 6.92 Å². The Morgan fingerprint density at radius 3 is 2.85 bits per heavy atom. The molecule has 3 rings (SSSR count). The minimum Gasteiger partial charge on any atom is -0.330 e. The van der Waals surface area contributed by atoms with E-state index in [1.807, 2.05) is 52.3 Å². The Bertz CT molecular complexity index is 885. The lowest BCUT2D eigenvalue weighted by atomic mass is 10.2. The molecule has 0 bridgehead atoms. The van der Waals surface area contributed by atoms with Crippen molar-refractivity contribution in [3.63, 3.8) is 0 Å². The highest BCUT2D eigenvalue weighted by molar-refractivity contribution is 14.1. The third kappa shape index (κ3) is 2.23. The molecule has 0 aliphatic heterocycles. The first-order valence-electron chi connectivity index (χ1n) is 5.84. The summed E-state index contributed by atoms with van der Waals surface area (Å²) in [6.07, 6.45) is 0. The molecule has 0 spiro atoms. The SMILES string of the molecule is Cc1cccc(-n2c(=S)[nH]c3cc(I)c(F)cc32)c1Br. The van der Waals surface area contributed by atoms with E-state index in [1.54, 1.807) is 6.07 Å². The lowest BCUT2D eigenvalue weighted by Crippen LogP contribution is -1.97. The summed E-state index contributed by atoms with van der Waals surface area (Å²) in [4.78, 5) is 3.13. The summed E-state index contributed by atoms with van der Waals surface area (Å²) in [5.41, 5.74) is 3.57. The summed E-state index contributed by atoms with van der Waals surface area (Å²) in [5.74, 6) is -0.246. The molecular weight excluding hydrogens is 454 g/mol. The number of rotatable bonds is 1. The maximum Gasteiger partial charge on any atom is 0.182 e. The molecular formula is C14H9BrFIN2S. The van der Waals surface area contributed by atoms with Crippen LogP contribution in [0.1, 0.15) is 5.56 Å². The van der Waals surface area contributed by atoms with Crippen molar-refractivity contribution in [1.82, 2.24) is 9.55 Å². The van der Waals surface area contributed by atoms with E-state index in [1.165, 1.54) is 6.07 Å². The molecule has 0 saturated carbocycles. The minimum absolute atomic E-state index is 0.246. The summed E-state index contributed by atoms with van der Waals surface area (Å²) in [6.45, 7) is 2.01. The van der Waals surface area contributed by atoms with Gasteiger partial charge in [-0.15, -0.1) is 0 Å². The van der Waals surface area contributed by atoms with Crippen LogP contribution in [0.2, 0.25) is 0 Å². The first-order valence-corrected chi connectivity index (χ1v) is 8.12. The fourth-order valence-corrected chi connectivity index (χ4v) is 3.36. The number of halogens is 3. The number of benzene rings is 2.